The zero-order chi connectivity index (χ0) is 17.4. The van der Waals surface area contributed by atoms with Crippen LogP contribution in [0.3, 0.4) is 0 Å². The Morgan fingerprint density at radius 2 is 1.92 bits per heavy atom. The number of ether oxygens (including phenoxy) is 1. The molecular formula is C20H32N2O2. The van der Waals surface area contributed by atoms with Crippen LogP contribution in [0.2, 0.25) is 0 Å². The van der Waals surface area contributed by atoms with Crippen molar-refractivity contribution in [2.75, 3.05) is 26.2 Å². The summed E-state index contributed by atoms with van der Waals surface area (Å²) in [6.07, 6.45) is 2.80. The number of hydrogen-bond donors (Lipinski definition) is 0. The molecule has 1 amide bonds. The molecule has 0 aromatic heterocycles. The number of nitrogens with zero attached hydrogens (tertiary/aromatic N) is 2. The average molecular weight is 332 g/mol. The van der Waals surface area contributed by atoms with Crippen molar-refractivity contribution in [2.45, 2.75) is 52.6 Å². The summed E-state index contributed by atoms with van der Waals surface area (Å²) in [4.78, 5) is 16.9. The Morgan fingerprint density at radius 3 is 2.50 bits per heavy atom. The first kappa shape index (κ1) is 18.8. The second-order valence-electron chi connectivity index (χ2n) is 7.15. The van der Waals surface area contributed by atoms with Gasteiger partial charge in [-0.3, -0.25) is 4.90 Å². The average Bonchev–Trinajstić information content (AvgIpc) is 2.59. The van der Waals surface area contributed by atoms with Gasteiger partial charge in [0.25, 0.3) is 0 Å². The highest BCUT2D eigenvalue weighted by molar-refractivity contribution is 5.68. The van der Waals surface area contributed by atoms with Crippen molar-refractivity contribution < 1.29 is 9.53 Å². The molecule has 1 aliphatic rings. The first-order valence-electron chi connectivity index (χ1n) is 9.29. The van der Waals surface area contributed by atoms with E-state index < -0.39 is 0 Å². The van der Waals surface area contributed by atoms with E-state index in [-0.39, 0.29) is 6.09 Å². The normalized spacial score (nSPS) is 16.3. The van der Waals surface area contributed by atoms with Crippen LogP contribution in [0.1, 0.15) is 45.6 Å². The smallest absolute Gasteiger partial charge is 0.410 e. The number of hydrogen-bond acceptors (Lipinski definition) is 3. The highest BCUT2D eigenvalue weighted by Gasteiger charge is 2.29. The quantitative estimate of drug-likeness (QED) is 0.752. The largest absolute Gasteiger partial charge is 0.449 e. The molecule has 0 N–H and O–H groups in total. The maximum absolute atomic E-state index is 12.4. The summed E-state index contributed by atoms with van der Waals surface area (Å²) in [5.74, 6) is 0.460. The van der Waals surface area contributed by atoms with E-state index in [0.717, 1.165) is 45.4 Å². The molecule has 1 aliphatic heterocycles. The molecule has 1 aromatic rings. The van der Waals surface area contributed by atoms with Gasteiger partial charge in [0.2, 0.25) is 0 Å². The van der Waals surface area contributed by atoms with Gasteiger partial charge in [0.1, 0.15) is 0 Å². The van der Waals surface area contributed by atoms with E-state index in [2.05, 4.69) is 49.1 Å². The molecule has 1 heterocycles. The Bertz CT molecular complexity index is 482. The maximum atomic E-state index is 12.4. The van der Waals surface area contributed by atoms with Gasteiger partial charge >= 0.3 is 6.09 Å². The predicted octanol–water partition coefficient (Wildman–Crippen LogP) is 4.16. The molecule has 1 aromatic carbocycles. The third kappa shape index (κ3) is 5.82. The molecule has 4 nitrogen and oxygen atoms in total. The highest BCUT2D eigenvalue weighted by atomic mass is 16.6. The molecular weight excluding hydrogens is 300 g/mol. The Kier molecular flexibility index (Phi) is 7.57. The van der Waals surface area contributed by atoms with E-state index in [1.165, 1.54) is 5.56 Å². The fourth-order valence-electron chi connectivity index (χ4n) is 3.27. The number of carbonyl (C=O) groups excluding carboxylic acids is 1. The molecule has 0 spiro atoms. The lowest BCUT2D eigenvalue weighted by molar-refractivity contribution is 0.0584. The van der Waals surface area contributed by atoms with Crippen LogP contribution in [0.25, 0.3) is 0 Å². The number of likely N-dealkylation sites (tertiary alicyclic amines) is 1. The summed E-state index contributed by atoms with van der Waals surface area (Å²) in [6.45, 7) is 10.7. The molecule has 1 saturated heterocycles. The van der Waals surface area contributed by atoms with E-state index in [1.807, 2.05) is 11.8 Å². The van der Waals surface area contributed by atoms with Gasteiger partial charge in [-0.15, -0.1) is 0 Å². The van der Waals surface area contributed by atoms with E-state index in [4.69, 9.17) is 4.74 Å². The summed E-state index contributed by atoms with van der Waals surface area (Å²) < 4.78 is 5.40. The molecule has 0 unspecified atom stereocenters. The second kappa shape index (κ2) is 9.67. The number of piperidine rings is 1. The van der Waals surface area contributed by atoms with Crippen molar-refractivity contribution in [3.8, 4) is 0 Å². The minimum Gasteiger partial charge on any atom is -0.449 e. The van der Waals surface area contributed by atoms with E-state index in [1.54, 1.807) is 0 Å². The van der Waals surface area contributed by atoms with Crippen LogP contribution in [0.5, 0.6) is 0 Å². The van der Waals surface area contributed by atoms with Crippen molar-refractivity contribution >= 4 is 6.09 Å². The van der Waals surface area contributed by atoms with E-state index >= 15 is 0 Å². The van der Waals surface area contributed by atoms with Gasteiger partial charge in [0.15, 0.2) is 0 Å². The zero-order valence-corrected chi connectivity index (χ0v) is 15.4. The summed E-state index contributed by atoms with van der Waals surface area (Å²) in [5, 5.41) is 0. The first-order chi connectivity index (χ1) is 11.6. The Morgan fingerprint density at radius 1 is 1.25 bits per heavy atom. The van der Waals surface area contributed by atoms with Crippen molar-refractivity contribution in [3.05, 3.63) is 35.9 Å². The first-order valence-corrected chi connectivity index (χ1v) is 9.29. The summed E-state index contributed by atoms with van der Waals surface area (Å²) in [5.41, 5.74) is 1.36. The third-order valence-electron chi connectivity index (χ3n) is 4.47. The molecule has 0 aliphatic carbocycles. The van der Waals surface area contributed by atoms with Crippen LogP contribution in [0.4, 0.5) is 4.79 Å². The van der Waals surface area contributed by atoms with Gasteiger partial charge in [-0.2, -0.15) is 0 Å². The molecule has 24 heavy (non-hydrogen) atoms. The van der Waals surface area contributed by atoms with Crippen LogP contribution >= 0.6 is 0 Å². The molecule has 2 rings (SSSR count). The van der Waals surface area contributed by atoms with Gasteiger partial charge in [-0.1, -0.05) is 51.1 Å². The van der Waals surface area contributed by atoms with Crippen molar-refractivity contribution in [2.24, 2.45) is 5.92 Å². The van der Waals surface area contributed by atoms with Gasteiger partial charge < -0.3 is 9.64 Å². The second-order valence-corrected chi connectivity index (χ2v) is 7.15. The number of amides is 1. The molecule has 134 valence electrons. The third-order valence-corrected chi connectivity index (χ3v) is 4.47. The van der Waals surface area contributed by atoms with Gasteiger partial charge in [0.05, 0.1) is 6.61 Å². The van der Waals surface area contributed by atoms with Crippen LogP contribution in [0.15, 0.2) is 30.3 Å². The van der Waals surface area contributed by atoms with Crippen LogP contribution in [-0.2, 0) is 11.3 Å². The van der Waals surface area contributed by atoms with Crippen molar-refractivity contribution in [3.63, 3.8) is 0 Å². The minimum absolute atomic E-state index is 0.132. The topological polar surface area (TPSA) is 32.8 Å². The Labute approximate surface area is 146 Å². The SMILES string of the molecule is CCCOC(=O)N(CC(C)C)C1CCN(Cc2ccccc2)CC1. The van der Waals surface area contributed by atoms with Gasteiger partial charge in [-0.25, -0.2) is 4.79 Å². The van der Waals surface area contributed by atoms with Crippen LogP contribution in [-0.4, -0.2) is 48.2 Å². The summed E-state index contributed by atoms with van der Waals surface area (Å²) in [6, 6.07) is 10.9. The molecule has 0 atom stereocenters. The minimum atomic E-state index is -0.132. The van der Waals surface area contributed by atoms with Crippen LogP contribution < -0.4 is 0 Å². The number of rotatable bonds is 7. The molecule has 1 fully saturated rings. The summed E-state index contributed by atoms with van der Waals surface area (Å²) in [7, 11) is 0. The van der Waals surface area contributed by atoms with Crippen molar-refractivity contribution in [1.82, 2.24) is 9.80 Å². The molecule has 0 saturated carbocycles. The van der Waals surface area contributed by atoms with E-state index in [9.17, 15) is 4.79 Å². The Hall–Kier alpha value is -1.55. The molecule has 0 radical (unpaired) electrons. The predicted molar refractivity (Wildman–Crippen MR) is 97.9 cm³/mol. The maximum Gasteiger partial charge on any atom is 0.410 e. The highest BCUT2D eigenvalue weighted by Crippen LogP contribution is 2.20. The van der Waals surface area contributed by atoms with Crippen LogP contribution in [0, 0.1) is 5.92 Å². The fourth-order valence-corrected chi connectivity index (χ4v) is 3.27. The zero-order valence-electron chi connectivity index (χ0n) is 15.4. The standard InChI is InChI=1S/C20H32N2O2/c1-4-14-24-20(23)22(15-17(2)3)19-10-12-21(13-11-19)16-18-8-6-5-7-9-18/h5-9,17,19H,4,10-16H2,1-3H3. The Balaban J connectivity index is 1.88. The molecule has 4 heteroatoms. The molecule has 0 bridgehead atoms. The monoisotopic (exact) mass is 332 g/mol. The lowest BCUT2D eigenvalue weighted by Crippen LogP contribution is -2.48. The van der Waals surface area contributed by atoms with Crippen molar-refractivity contribution in [1.29, 1.82) is 0 Å². The van der Waals surface area contributed by atoms with Gasteiger partial charge in [0, 0.05) is 32.2 Å². The van der Waals surface area contributed by atoms with E-state index in [0.29, 0.717) is 18.6 Å². The van der Waals surface area contributed by atoms with Gasteiger partial charge in [-0.05, 0) is 30.7 Å². The lowest BCUT2D eigenvalue weighted by atomic mass is 10.0. The number of carbonyl (C=O) groups is 1. The lowest BCUT2D eigenvalue weighted by Gasteiger charge is -2.38. The fraction of sp³-hybridized carbons (Fsp3) is 0.650. The summed E-state index contributed by atoms with van der Waals surface area (Å²) >= 11 is 0. The number of benzene rings is 1.